The van der Waals surface area contributed by atoms with E-state index in [9.17, 15) is 22.4 Å². The first-order valence-corrected chi connectivity index (χ1v) is 9.80. The highest BCUT2D eigenvalue weighted by Gasteiger charge is 2.30. The molecule has 0 saturated carbocycles. The third-order valence-electron chi connectivity index (χ3n) is 3.93. The average molecular weight is 511 g/mol. The number of amides is 1. The molecule has 32 heavy (non-hydrogen) atoms. The number of ether oxygens (including phenoxy) is 1. The molecule has 2 aromatic carbocycles. The van der Waals surface area contributed by atoms with Crippen LogP contribution >= 0.6 is 15.9 Å². The predicted octanol–water partition coefficient (Wildman–Crippen LogP) is 5.47. The minimum absolute atomic E-state index is 0.153. The first-order chi connectivity index (χ1) is 15.2. The number of nitrogens with zero attached hydrogens (tertiary/aromatic N) is 2. The molecule has 11 heteroatoms. The largest absolute Gasteiger partial charge is 0.483 e. The molecular weight excluding hydrogens is 496 g/mol. The number of pyridine rings is 1. The van der Waals surface area contributed by atoms with Gasteiger partial charge in [-0.2, -0.15) is 18.3 Å². The van der Waals surface area contributed by atoms with E-state index in [0.29, 0.717) is 27.7 Å². The smallest absolute Gasteiger partial charge is 0.417 e. The van der Waals surface area contributed by atoms with Crippen molar-refractivity contribution in [2.45, 2.75) is 6.18 Å². The summed E-state index contributed by atoms with van der Waals surface area (Å²) in [7, 11) is 0. The lowest BCUT2D eigenvalue weighted by molar-refractivity contribution is -0.137. The highest BCUT2D eigenvalue weighted by atomic mass is 79.9. The molecular formula is C21H15BrF4N4O2. The Balaban J connectivity index is 1.52. The van der Waals surface area contributed by atoms with Gasteiger partial charge >= 0.3 is 6.18 Å². The van der Waals surface area contributed by atoms with Gasteiger partial charge in [-0.15, -0.1) is 0 Å². The fourth-order valence-corrected chi connectivity index (χ4v) is 2.90. The van der Waals surface area contributed by atoms with E-state index in [0.717, 1.165) is 6.07 Å². The Morgan fingerprint density at radius 2 is 1.88 bits per heavy atom. The second-order valence-electron chi connectivity index (χ2n) is 6.33. The van der Waals surface area contributed by atoms with Crippen LogP contribution in [0.5, 0.6) is 5.75 Å². The predicted molar refractivity (Wildman–Crippen MR) is 115 cm³/mol. The van der Waals surface area contributed by atoms with E-state index in [1.54, 1.807) is 18.2 Å². The Bertz CT molecular complexity index is 1100. The van der Waals surface area contributed by atoms with Crippen molar-refractivity contribution in [3.8, 4) is 5.75 Å². The fourth-order valence-electron chi connectivity index (χ4n) is 2.39. The number of nitrogens with one attached hydrogen (secondary N) is 2. The molecule has 0 unspecified atom stereocenters. The number of anilines is 2. The van der Waals surface area contributed by atoms with Crippen LogP contribution in [0.2, 0.25) is 0 Å². The van der Waals surface area contributed by atoms with Crippen molar-refractivity contribution < 1.29 is 27.1 Å². The van der Waals surface area contributed by atoms with Gasteiger partial charge in [0.25, 0.3) is 5.91 Å². The van der Waals surface area contributed by atoms with Crippen LogP contribution in [0, 0.1) is 5.82 Å². The summed E-state index contributed by atoms with van der Waals surface area (Å²) in [6.45, 7) is -0.259. The number of rotatable bonds is 7. The van der Waals surface area contributed by atoms with Crippen LogP contribution in [0.4, 0.5) is 29.1 Å². The van der Waals surface area contributed by atoms with Gasteiger partial charge in [0.05, 0.1) is 16.3 Å². The summed E-state index contributed by atoms with van der Waals surface area (Å²) in [5.41, 5.74) is 2.79. The molecule has 0 radical (unpaired) electrons. The number of hydrogen-bond acceptors (Lipinski definition) is 5. The molecule has 0 saturated heterocycles. The second kappa shape index (κ2) is 10.2. The standard InChI is InChI=1S/C21H15BrF4N4O2/c22-17-9-13(10-28-30-19-8-2-14(11-27-19)21(24,25)26)1-7-18(17)32-12-20(31)29-16-5-3-15(23)4-6-16/h1-11H,12H2,(H,27,30)(H,29,31)/b28-10-. The lowest BCUT2D eigenvalue weighted by Crippen LogP contribution is -2.20. The topological polar surface area (TPSA) is 75.6 Å². The maximum Gasteiger partial charge on any atom is 0.417 e. The maximum absolute atomic E-state index is 12.9. The lowest BCUT2D eigenvalue weighted by Gasteiger charge is -2.09. The Labute approximate surface area is 188 Å². The van der Waals surface area contributed by atoms with Crippen molar-refractivity contribution in [1.82, 2.24) is 4.98 Å². The fraction of sp³-hybridized carbons (Fsp3) is 0.0952. The van der Waals surface area contributed by atoms with Crippen LogP contribution < -0.4 is 15.5 Å². The van der Waals surface area contributed by atoms with Gasteiger partial charge in [0.15, 0.2) is 6.61 Å². The first kappa shape index (κ1) is 23.2. The summed E-state index contributed by atoms with van der Waals surface area (Å²) >= 11 is 3.34. The molecule has 2 N–H and O–H groups in total. The number of hydrogen-bond donors (Lipinski definition) is 2. The third kappa shape index (κ3) is 6.77. The van der Waals surface area contributed by atoms with Crippen LogP contribution in [0.15, 0.2) is 70.4 Å². The summed E-state index contributed by atoms with van der Waals surface area (Å²) in [5.74, 6) is -0.255. The zero-order valence-corrected chi connectivity index (χ0v) is 17.7. The van der Waals surface area contributed by atoms with Crippen LogP contribution in [0.3, 0.4) is 0 Å². The molecule has 0 fully saturated rings. The number of carbonyl (C=O) groups excluding carboxylic acids is 1. The Morgan fingerprint density at radius 3 is 2.50 bits per heavy atom. The zero-order chi connectivity index (χ0) is 23.1. The van der Waals surface area contributed by atoms with E-state index < -0.39 is 23.5 Å². The molecule has 1 heterocycles. The summed E-state index contributed by atoms with van der Waals surface area (Å²) in [5, 5.41) is 6.51. The minimum atomic E-state index is -4.45. The molecule has 0 bridgehead atoms. The number of alkyl halides is 3. The Kier molecular flexibility index (Phi) is 7.41. The van der Waals surface area contributed by atoms with Gasteiger partial charge in [-0.25, -0.2) is 9.37 Å². The number of aromatic nitrogens is 1. The second-order valence-corrected chi connectivity index (χ2v) is 7.19. The third-order valence-corrected chi connectivity index (χ3v) is 4.55. The van der Waals surface area contributed by atoms with E-state index in [-0.39, 0.29) is 12.4 Å². The molecule has 0 aliphatic rings. The van der Waals surface area contributed by atoms with E-state index in [1.165, 1.54) is 36.5 Å². The van der Waals surface area contributed by atoms with Gasteiger partial charge in [-0.1, -0.05) is 0 Å². The van der Waals surface area contributed by atoms with Crippen LogP contribution in [0.25, 0.3) is 0 Å². The number of benzene rings is 2. The van der Waals surface area contributed by atoms with Crippen LogP contribution in [-0.4, -0.2) is 23.7 Å². The normalized spacial score (nSPS) is 11.4. The number of halogens is 5. The molecule has 166 valence electrons. The van der Waals surface area contributed by atoms with Crippen molar-refractivity contribution in [1.29, 1.82) is 0 Å². The van der Waals surface area contributed by atoms with Crippen LogP contribution in [0.1, 0.15) is 11.1 Å². The Morgan fingerprint density at radius 1 is 1.12 bits per heavy atom. The first-order valence-electron chi connectivity index (χ1n) is 9.01. The summed E-state index contributed by atoms with van der Waals surface area (Å²) in [6, 6.07) is 12.4. The molecule has 0 aliphatic carbocycles. The minimum Gasteiger partial charge on any atom is -0.483 e. The molecule has 0 atom stereocenters. The van der Waals surface area contributed by atoms with E-state index in [2.05, 4.69) is 36.8 Å². The molecule has 3 rings (SSSR count). The molecule has 6 nitrogen and oxygen atoms in total. The number of carbonyl (C=O) groups is 1. The average Bonchev–Trinajstić information content (AvgIpc) is 2.74. The van der Waals surface area contributed by atoms with E-state index in [4.69, 9.17) is 4.74 Å². The van der Waals surface area contributed by atoms with Gasteiger partial charge in [0.2, 0.25) is 0 Å². The summed E-state index contributed by atoms with van der Waals surface area (Å²) in [6.07, 6.45) is -2.30. The van der Waals surface area contributed by atoms with E-state index >= 15 is 0 Å². The van der Waals surface area contributed by atoms with Gasteiger partial charge in [-0.05, 0) is 76.1 Å². The molecule has 0 spiro atoms. The van der Waals surface area contributed by atoms with Crippen molar-refractivity contribution >= 4 is 39.6 Å². The Hall–Kier alpha value is -3.47. The summed E-state index contributed by atoms with van der Waals surface area (Å²) < 4.78 is 56.5. The summed E-state index contributed by atoms with van der Waals surface area (Å²) in [4.78, 5) is 15.6. The number of hydrazone groups is 1. The van der Waals surface area contributed by atoms with Crippen molar-refractivity contribution in [2.75, 3.05) is 17.3 Å². The van der Waals surface area contributed by atoms with Gasteiger partial charge < -0.3 is 10.1 Å². The molecule has 3 aromatic rings. The zero-order valence-electron chi connectivity index (χ0n) is 16.2. The van der Waals surface area contributed by atoms with Gasteiger partial charge in [-0.3, -0.25) is 10.2 Å². The van der Waals surface area contributed by atoms with Gasteiger partial charge in [0.1, 0.15) is 17.4 Å². The molecule has 1 amide bonds. The van der Waals surface area contributed by atoms with Crippen molar-refractivity contribution in [2.24, 2.45) is 5.10 Å². The maximum atomic E-state index is 12.9. The van der Waals surface area contributed by atoms with E-state index in [1.807, 2.05) is 0 Å². The van der Waals surface area contributed by atoms with Crippen molar-refractivity contribution in [3.05, 3.63) is 82.2 Å². The van der Waals surface area contributed by atoms with Gasteiger partial charge in [0, 0.05) is 11.9 Å². The molecule has 1 aromatic heterocycles. The molecule has 0 aliphatic heterocycles. The van der Waals surface area contributed by atoms with Crippen LogP contribution in [-0.2, 0) is 11.0 Å². The quantitative estimate of drug-likeness (QED) is 0.251. The highest BCUT2D eigenvalue weighted by Crippen LogP contribution is 2.29. The monoisotopic (exact) mass is 510 g/mol. The lowest BCUT2D eigenvalue weighted by atomic mass is 10.2. The SMILES string of the molecule is O=C(COc1ccc(/C=N\Nc2ccc(C(F)(F)F)cn2)cc1Br)Nc1ccc(F)cc1. The van der Waals surface area contributed by atoms with Crippen molar-refractivity contribution in [3.63, 3.8) is 0 Å². The highest BCUT2D eigenvalue weighted by molar-refractivity contribution is 9.10.